The number of hydrogen-bond acceptors (Lipinski definition) is 3. The van der Waals surface area contributed by atoms with E-state index in [0.717, 1.165) is 12.2 Å². The zero-order chi connectivity index (χ0) is 10.8. The highest BCUT2D eigenvalue weighted by Crippen LogP contribution is 2.14. The van der Waals surface area contributed by atoms with Gasteiger partial charge in [0.05, 0.1) is 24.6 Å². The number of hydrogen-bond donors (Lipinski definition) is 1. The van der Waals surface area contributed by atoms with Gasteiger partial charge < -0.3 is 4.57 Å². The van der Waals surface area contributed by atoms with E-state index < -0.39 is 0 Å². The number of nitrogens with zero attached hydrogens (tertiary/aromatic N) is 2. The summed E-state index contributed by atoms with van der Waals surface area (Å²) in [4.78, 5) is 26.2. The van der Waals surface area contributed by atoms with Crippen molar-refractivity contribution < 1.29 is 9.59 Å². The van der Waals surface area contributed by atoms with Crippen LogP contribution in [0, 0.1) is 0 Å². The number of aryl methyl sites for hydroxylation is 1. The molecule has 78 valence electrons. The molecule has 0 unspecified atom stereocenters. The molecule has 0 saturated carbocycles. The van der Waals surface area contributed by atoms with Crippen LogP contribution in [0.3, 0.4) is 0 Å². The SMILES string of the molecule is CCn1cncc1C=C1CC(=O)NC1=O. The lowest BCUT2D eigenvalue weighted by molar-refractivity contribution is -0.124. The molecule has 0 bridgehead atoms. The van der Waals surface area contributed by atoms with Crippen LogP contribution in [0.25, 0.3) is 6.08 Å². The van der Waals surface area contributed by atoms with Crippen LogP contribution < -0.4 is 5.32 Å². The van der Waals surface area contributed by atoms with Gasteiger partial charge in [0.15, 0.2) is 0 Å². The fourth-order valence-electron chi connectivity index (χ4n) is 1.51. The monoisotopic (exact) mass is 205 g/mol. The van der Waals surface area contributed by atoms with Gasteiger partial charge in [-0.3, -0.25) is 14.9 Å². The first kappa shape index (κ1) is 9.64. The molecule has 1 fully saturated rings. The van der Waals surface area contributed by atoms with Gasteiger partial charge in [-0.1, -0.05) is 0 Å². The van der Waals surface area contributed by atoms with Crippen molar-refractivity contribution in [3.05, 3.63) is 23.8 Å². The van der Waals surface area contributed by atoms with Crippen LogP contribution in [-0.2, 0) is 16.1 Å². The van der Waals surface area contributed by atoms with E-state index in [1.54, 1.807) is 18.6 Å². The van der Waals surface area contributed by atoms with Crippen molar-refractivity contribution in [3.63, 3.8) is 0 Å². The number of carbonyl (C=O) groups is 2. The van der Waals surface area contributed by atoms with Gasteiger partial charge in [0.1, 0.15) is 0 Å². The average molecular weight is 205 g/mol. The fraction of sp³-hybridized carbons (Fsp3) is 0.300. The highest BCUT2D eigenvalue weighted by Gasteiger charge is 2.23. The summed E-state index contributed by atoms with van der Waals surface area (Å²) in [5.41, 5.74) is 1.34. The highest BCUT2D eigenvalue weighted by molar-refractivity contribution is 6.15. The van der Waals surface area contributed by atoms with Gasteiger partial charge in [-0.05, 0) is 13.0 Å². The summed E-state index contributed by atoms with van der Waals surface area (Å²) in [6.45, 7) is 2.78. The first-order valence-electron chi connectivity index (χ1n) is 4.75. The minimum atomic E-state index is -0.302. The van der Waals surface area contributed by atoms with Crippen LogP contribution in [-0.4, -0.2) is 21.4 Å². The van der Waals surface area contributed by atoms with Crippen LogP contribution in [0.4, 0.5) is 0 Å². The minimum Gasteiger partial charge on any atom is -0.331 e. The summed E-state index contributed by atoms with van der Waals surface area (Å²) in [6.07, 6.45) is 5.23. The molecule has 2 amide bonds. The van der Waals surface area contributed by atoms with Crippen LogP contribution >= 0.6 is 0 Å². The van der Waals surface area contributed by atoms with E-state index in [4.69, 9.17) is 0 Å². The molecular weight excluding hydrogens is 194 g/mol. The number of amides is 2. The third kappa shape index (κ3) is 1.81. The van der Waals surface area contributed by atoms with Gasteiger partial charge in [0.25, 0.3) is 5.91 Å². The maximum atomic E-state index is 11.3. The van der Waals surface area contributed by atoms with Crippen molar-refractivity contribution in [3.8, 4) is 0 Å². The highest BCUT2D eigenvalue weighted by atomic mass is 16.2. The molecule has 1 N–H and O–H groups in total. The van der Waals surface area contributed by atoms with Gasteiger partial charge >= 0.3 is 0 Å². The first-order chi connectivity index (χ1) is 7.20. The smallest absolute Gasteiger partial charge is 0.254 e. The molecular formula is C10H11N3O2. The first-order valence-corrected chi connectivity index (χ1v) is 4.75. The maximum Gasteiger partial charge on any atom is 0.254 e. The summed E-state index contributed by atoms with van der Waals surface area (Å²) in [5.74, 6) is -0.544. The number of carbonyl (C=O) groups excluding carboxylic acids is 2. The second-order valence-corrected chi connectivity index (χ2v) is 3.33. The van der Waals surface area contributed by atoms with Crippen LogP contribution in [0.15, 0.2) is 18.1 Å². The molecule has 2 heterocycles. The van der Waals surface area contributed by atoms with Crippen molar-refractivity contribution in [2.75, 3.05) is 0 Å². The van der Waals surface area contributed by atoms with Gasteiger partial charge in [0.2, 0.25) is 5.91 Å². The zero-order valence-corrected chi connectivity index (χ0v) is 8.36. The largest absolute Gasteiger partial charge is 0.331 e. The molecule has 5 nitrogen and oxygen atoms in total. The Balaban J connectivity index is 2.30. The Labute approximate surface area is 86.8 Å². The summed E-state index contributed by atoms with van der Waals surface area (Å²) < 4.78 is 1.91. The second kappa shape index (κ2) is 3.68. The third-order valence-electron chi connectivity index (χ3n) is 2.30. The molecule has 2 rings (SSSR count). The van der Waals surface area contributed by atoms with Crippen molar-refractivity contribution in [1.82, 2.24) is 14.9 Å². The van der Waals surface area contributed by atoms with Crippen molar-refractivity contribution in [2.24, 2.45) is 0 Å². The number of rotatable bonds is 2. The zero-order valence-electron chi connectivity index (χ0n) is 8.36. The summed E-state index contributed by atoms with van der Waals surface area (Å²) in [6, 6.07) is 0. The number of aromatic nitrogens is 2. The van der Waals surface area contributed by atoms with Crippen molar-refractivity contribution in [1.29, 1.82) is 0 Å². The Kier molecular flexibility index (Phi) is 2.37. The van der Waals surface area contributed by atoms with Gasteiger partial charge in [-0.2, -0.15) is 0 Å². The fourth-order valence-corrected chi connectivity index (χ4v) is 1.51. The average Bonchev–Trinajstić information content (AvgIpc) is 2.74. The van der Waals surface area contributed by atoms with Crippen LogP contribution in [0.2, 0.25) is 0 Å². The molecule has 0 aromatic carbocycles. The molecule has 1 aliphatic rings. The Morgan fingerprint density at radius 1 is 1.60 bits per heavy atom. The predicted molar refractivity (Wildman–Crippen MR) is 53.6 cm³/mol. The lowest BCUT2D eigenvalue weighted by Crippen LogP contribution is -2.19. The van der Waals surface area contributed by atoms with Crippen LogP contribution in [0.5, 0.6) is 0 Å². The summed E-state index contributed by atoms with van der Waals surface area (Å²) in [5, 5.41) is 2.24. The molecule has 1 aliphatic heterocycles. The molecule has 1 saturated heterocycles. The Morgan fingerprint density at radius 2 is 2.40 bits per heavy atom. The Hall–Kier alpha value is -1.91. The van der Waals surface area contributed by atoms with E-state index in [-0.39, 0.29) is 18.2 Å². The van der Waals surface area contributed by atoms with Crippen molar-refractivity contribution >= 4 is 17.9 Å². The second-order valence-electron chi connectivity index (χ2n) is 3.33. The van der Waals surface area contributed by atoms with E-state index in [0.29, 0.717) is 5.57 Å². The van der Waals surface area contributed by atoms with Crippen molar-refractivity contribution in [2.45, 2.75) is 19.9 Å². The quantitative estimate of drug-likeness (QED) is 0.559. The summed E-state index contributed by atoms with van der Waals surface area (Å²) in [7, 11) is 0. The summed E-state index contributed by atoms with van der Waals surface area (Å²) >= 11 is 0. The molecule has 0 spiro atoms. The lowest BCUT2D eigenvalue weighted by atomic mass is 10.2. The number of imidazole rings is 1. The number of imide groups is 1. The van der Waals surface area contributed by atoms with Gasteiger partial charge in [-0.15, -0.1) is 0 Å². The van der Waals surface area contributed by atoms with Gasteiger partial charge in [-0.25, -0.2) is 4.98 Å². The predicted octanol–water partition coefficient (Wildman–Crippen LogP) is 0.333. The standard InChI is InChI=1S/C10H11N3O2/c1-2-13-6-11-5-8(13)3-7-4-9(14)12-10(7)15/h3,5-6H,2,4H2,1H3,(H,12,14,15). The normalized spacial score (nSPS) is 18.6. The topological polar surface area (TPSA) is 64.0 Å². The Bertz CT molecular complexity index is 445. The molecule has 5 heteroatoms. The van der Waals surface area contributed by atoms with Crippen LogP contribution in [0.1, 0.15) is 19.0 Å². The molecule has 1 aromatic heterocycles. The number of nitrogens with one attached hydrogen (secondary N) is 1. The molecule has 1 aromatic rings. The van der Waals surface area contributed by atoms with E-state index >= 15 is 0 Å². The Morgan fingerprint density at radius 3 is 3.00 bits per heavy atom. The van der Waals surface area contributed by atoms with E-state index in [9.17, 15) is 9.59 Å². The molecule has 0 radical (unpaired) electrons. The van der Waals surface area contributed by atoms with E-state index in [1.165, 1.54) is 0 Å². The van der Waals surface area contributed by atoms with E-state index in [1.807, 2.05) is 11.5 Å². The maximum absolute atomic E-state index is 11.3. The lowest BCUT2D eigenvalue weighted by Gasteiger charge is -1.99. The minimum absolute atomic E-state index is 0.160. The molecule has 0 aliphatic carbocycles. The van der Waals surface area contributed by atoms with Gasteiger partial charge in [0, 0.05) is 12.1 Å². The molecule has 0 atom stereocenters. The third-order valence-corrected chi connectivity index (χ3v) is 2.30. The molecule has 15 heavy (non-hydrogen) atoms. The van der Waals surface area contributed by atoms with E-state index in [2.05, 4.69) is 10.3 Å².